The van der Waals surface area contributed by atoms with Crippen LogP contribution in [0.15, 0.2) is 0 Å². The Hall–Kier alpha value is 0.170. The number of rotatable bonds is 14. The summed E-state index contributed by atoms with van der Waals surface area (Å²) < 4.78 is 0. The molecule has 21 heavy (non-hydrogen) atoms. The SMILES string of the molecule is CCCCCCCCCCCCCC(=O)C(O)CN.Cl.Cl. The van der Waals surface area contributed by atoms with Crippen LogP contribution in [-0.4, -0.2) is 23.5 Å². The van der Waals surface area contributed by atoms with Crippen molar-refractivity contribution in [2.75, 3.05) is 6.54 Å². The normalized spacial score (nSPS) is 11.4. The van der Waals surface area contributed by atoms with Crippen molar-refractivity contribution >= 4 is 30.6 Å². The lowest BCUT2D eigenvalue weighted by Crippen LogP contribution is -2.28. The van der Waals surface area contributed by atoms with Crippen LogP contribution in [0.2, 0.25) is 0 Å². The summed E-state index contributed by atoms with van der Waals surface area (Å²) in [6, 6.07) is 0. The number of carbonyl (C=O) groups excluding carboxylic acids is 1. The Morgan fingerprint density at radius 2 is 1.24 bits per heavy atom. The number of aliphatic hydroxyl groups excluding tert-OH is 1. The van der Waals surface area contributed by atoms with Gasteiger partial charge in [0.25, 0.3) is 0 Å². The molecule has 0 spiro atoms. The van der Waals surface area contributed by atoms with Crippen LogP contribution in [0.5, 0.6) is 0 Å². The summed E-state index contributed by atoms with van der Waals surface area (Å²) in [5, 5.41) is 9.21. The molecule has 1 atom stereocenters. The Labute approximate surface area is 143 Å². The summed E-state index contributed by atoms with van der Waals surface area (Å²) in [7, 11) is 0. The Balaban J connectivity index is -0.00000162. The standard InChI is InChI=1S/C16H33NO2.2ClH/c1-2-3-4-5-6-7-8-9-10-11-12-13-15(18)16(19)14-17;;/h16,19H,2-14,17H2,1H3;2*1H. The Morgan fingerprint density at radius 3 is 1.62 bits per heavy atom. The van der Waals surface area contributed by atoms with Gasteiger partial charge in [-0.3, -0.25) is 4.79 Å². The molecule has 3 nitrogen and oxygen atoms in total. The molecule has 5 heteroatoms. The lowest BCUT2D eigenvalue weighted by molar-refractivity contribution is -0.126. The topological polar surface area (TPSA) is 63.3 Å². The van der Waals surface area contributed by atoms with Crippen LogP contribution in [0.3, 0.4) is 0 Å². The lowest BCUT2D eigenvalue weighted by Gasteiger charge is -2.06. The summed E-state index contributed by atoms with van der Waals surface area (Å²) >= 11 is 0. The maximum absolute atomic E-state index is 11.3. The predicted octanol–water partition coefficient (Wildman–Crippen LogP) is 4.42. The molecule has 0 aromatic rings. The van der Waals surface area contributed by atoms with Crippen LogP contribution >= 0.6 is 24.8 Å². The van der Waals surface area contributed by atoms with Gasteiger partial charge < -0.3 is 10.8 Å². The molecule has 0 saturated heterocycles. The summed E-state index contributed by atoms with van der Waals surface area (Å²) in [4.78, 5) is 11.3. The Morgan fingerprint density at radius 1 is 0.857 bits per heavy atom. The van der Waals surface area contributed by atoms with Gasteiger partial charge in [0.2, 0.25) is 0 Å². The smallest absolute Gasteiger partial charge is 0.162 e. The summed E-state index contributed by atoms with van der Waals surface area (Å²) in [6.45, 7) is 2.30. The van der Waals surface area contributed by atoms with Crippen molar-refractivity contribution in [1.82, 2.24) is 0 Å². The van der Waals surface area contributed by atoms with Crippen molar-refractivity contribution in [2.24, 2.45) is 5.73 Å². The zero-order valence-electron chi connectivity index (χ0n) is 13.5. The molecule has 0 aliphatic rings. The number of hydrogen-bond acceptors (Lipinski definition) is 3. The second-order valence-electron chi connectivity index (χ2n) is 5.50. The molecule has 0 aromatic heterocycles. The molecule has 0 aromatic carbocycles. The van der Waals surface area contributed by atoms with Crippen molar-refractivity contribution in [1.29, 1.82) is 0 Å². The largest absolute Gasteiger partial charge is 0.384 e. The van der Waals surface area contributed by atoms with Gasteiger partial charge in [-0.05, 0) is 6.42 Å². The number of carbonyl (C=O) groups is 1. The zero-order valence-corrected chi connectivity index (χ0v) is 15.2. The zero-order chi connectivity index (χ0) is 14.3. The van der Waals surface area contributed by atoms with E-state index in [-0.39, 0.29) is 37.1 Å². The van der Waals surface area contributed by atoms with E-state index in [0.717, 1.165) is 12.8 Å². The van der Waals surface area contributed by atoms with Gasteiger partial charge >= 0.3 is 0 Å². The van der Waals surface area contributed by atoms with E-state index >= 15 is 0 Å². The van der Waals surface area contributed by atoms with Gasteiger partial charge in [0.05, 0.1) is 0 Å². The minimum atomic E-state index is -0.942. The highest BCUT2D eigenvalue weighted by Crippen LogP contribution is 2.12. The third-order valence-electron chi connectivity index (χ3n) is 3.62. The van der Waals surface area contributed by atoms with Gasteiger partial charge in [0, 0.05) is 13.0 Å². The summed E-state index contributed by atoms with van der Waals surface area (Å²) in [5.74, 6) is -0.0987. The Kier molecular flexibility index (Phi) is 25.1. The van der Waals surface area contributed by atoms with Crippen LogP contribution in [0.4, 0.5) is 0 Å². The molecule has 0 amide bonds. The number of Topliss-reactive ketones (excluding diaryl/α,β-unsaturated/α-hetero) is 1. The van der Waals surface area contributed by atoms with E-state index in [9.17, 15) is 9.90 Å². The highest BCUT2D eigenvalue weighted by atomic mass is 35.5. The predicted molar refractivity (Wildman–Crippen MR) is 95.6 cm³/mol. The van der Waals surface area contributed by atoms with Crippen LogP contribution in [0.25, 0.3) is 0 Å². The van der Waals surface area contributed by atoms with Crippen molar-refractivity contribution in [3.05, 3.63) is 0 Å². The third-order valence-corrected chi connectivity index (χ3v) is 3.62. The fourth-order valence-corrected chi connectivity index (χ4v) is 2.26. The molecular formula is C16H35Cl2NO2. The van der Waals surface area contributed by atoms with Gasteiger partial charge in [0.15, 0.2) is 5.78 Å². The van der Waals surface area contributed by atoms with E-state index in [2.05, 4.69) is 6.92 Å². The number of halogens is 2. The third kappa shape index (κ3) is 18.1. The molecule has 0 fully saturated rings. The van der Waals surface area contributed by atoms with Gasteiger partial charge in [0.1, 0.15) is 6.10 Å². The van der Waals surface area contributed by atoms with E-state index in [0.29, 0.717) is 6.42 Å². The van der Waals surface area contributed by atoms with Crippen LogP contribution in [0.1, 0.15) is 84.0 Å². The van der Waals surface area contributed by atoms with Gasteiger partial charge in [-0.15, -0.1) is 24.8 Å². The molecule has 0 aliphatic carbocycles. The molecule has 0 radical (unpaired) electrons. The van der Waals surface area contributed by atoms with E-state index in [1.807, 2.05) is 0 Å². The first kappa shape index (κ1) is 26.1. The van der Waals surface area contributed by atoms with E-state index < -0.39 is 6.10 Å². The quantitative estimate of drug-likeness (QED) is 0.459. The van der Waals surface area contributed by atoms with Crippen molar-refractivity contribution in [3.8, 4) is 0 Å². The fraction of sp³-hybridized carbons (Fsp3) is 0.938. The molecule has 0 saturated carbocycles. The van der Waals surface area contributed by atoms with Gasteiger partial charge in [-0.1, -0.05) is 71.1 Å². The van der Waals surface area contributed by atoms with Gasteiger partial charge in [-0.2, -0.15) is 0 Å². The van der Waals surface area contributed by atoms with Crippen molar-refractivity contribution in [3.63, 3.8) is 0 Å². The number of ketones is 1. The number of nitrogens with two attached hydrogens (primary N) is 1. The number of unbranched alkanes of at least 4 members (excludes halogenated alkanes) is 10. The molecule has 0 rings (SSSR count). The highest BCUT2D eigenvalue weighted by molar-refractivity contribution is 5.85. The van der Waals surface area contributed by atoms with Crippen molar-refractivity contribution < 1.29 is 9.90 Å². The molecular weight excluding hydrogens is 309 g/mol. The van der Waals surface area contributed by atoms with Crippen LogP contribution < -0.4 is 5.73 Å². The lowest BCUT2D eigenvalue weighted by atomic mass is 10.0. The Bertz CT molecular complexity index is 216. The molecule has 0 heterocycles. The van der Waals surface area contributed by atoms with Crippen LogP contribution in [0, 0.1) is 0 Å². The summed E-state index contributed by atoms with van der Waals surface area (Å²) in [6.07, 6.45) is 13.6. The van der Waals surface area contributed by atoms with E-state index in [1.165, 1.54) is 57.8 Å². The molecule has 1 unspecified atom stereocenters. The fourth-order valence-electron chi connectivity index (χ4n) is 2.26. The van der Waals surface area contributed by atoms with E-state index in [4.69, 9.17) is 5.73 Å². The summed E-state index contributed by atoms with van der Waals surface area (Å²) in [5.41, 5.74) is 5.23. The minimum absolute atomic E-state index is 0. The van der Waals surface area contributed by atoms with Crippen LogP contribution in [-0.2, 0) is 4.79 Å². The highest BCUT2D eigenvalue weighted by Gasteiger charge is 2.11. The molecule has 0 aliphatic heterocycles. The first-order valence-electron chi connectivity index (χ1n) is 8.13. The minimum Gasteiger partial charge on any atom is -0.384 e. The maximum Gasteiger partial charge on any atom is 0.162 e. The average Bonchev–Trinajstić information content (AvgIpc) is 2.43. The monoisotopic (exact) mass is 343 g/mol. The number of hydrogen-bond donors (Lipinski definition) is 2. The van der Waals surface area contributed by atoms with E-state index in [1.54, 1.807) is 0 Å². The number of aliphatic hydroxyl groups is 1. The maximum atomic E-state index is 11.3. The second-order valence-corrected chi connectivity index (χ2v) is 5.50. The van der Waals surface area contributed by atoms with Crippen molar-refractivity contribution in [2.45, 2.75) is 90.1 Å². The molecule has 0 bridgehead atoms. The molecule has 3 N–H and O–H groups in total. The second kappa shape index (κ2) is 20.2. The molecule has 130 valence electrons. The first-order chi connectivity index (χ1) is 9.22. The van der Waals surface area contributed by atoms with Gasteiger partial charge in [-0.25, -0.2) is 0 Å². The first-order valence-corrected chi connectivity index (χ1v) is 8.13. The average molecular weight is 344 g/mol.